The van der Waals surface area contributed by atoms with Crippen LogP contribution in [0.4, 0.5) is 4.79 Å². The lowest BCUT2D eigenvalue weighted by molar-refractivity contribution is -0.117. The van der Waals surface area contributed by atoms with Crippen LogP contribution >= 0.6 is 0 Å². The van der Waals surface area contributed by atoms with Gasteiger partial charge in [-0.2, -0.15) is 0 Å². The summed E-state index contributed by atoms with van der Waals surface area (Å²) in [6.45, 7) is 7.83. The van der Waals surface area contributed by atoms with Gasteiger partial charge in [-0.25, -0.2) is 4.79 Å². The standard InChI is InChI=1S/C13H23NO3/c1-5-6-7-10-8-11(15)9-14(10)12(16)17-13(2,3)4/h10H,5-9H2,1-4H3. The van der Waals surface area contributed by atoms with Gasteiger partial charge in [-0.05, 0) is 27.2 Å². The number of rotatable bonds is 3. The minimum atomic E-state index is -0.502. The molecule has 0 radical (unpaired) electrons. The average molecular weight is 241 g/mol. The van der Waals surface area contributed by atoms with Gasteiger partial charge in [0, 0.05) is 12.5 Å². The first kappa shape index (κ1) is 14.0. The zero-order valence-corrected chi connectivity index (χ0v) is 11.3. The van der Waals surface area contributed by atoms with Gasteiger partial charge in [0.25, 0.3) is 0 Å². The number of amides is 1. The maximum absolute atomic E-state index is 11.9. The average Bonchev–Trinajstić information content (AvgIpc) is 2.54. The molecule has 98 valence electrons. The lowest BCUT2D eigenvalue weighted by atomic mass is 10.1. The summed E-state index contributed by atoms with van der Waals surface area (Å²) in [7, 11) is 0. The zero-order valence-electron chi connectivity index (χ0n) is 11.3. The Morgan fingerprint density at radius 2 is 2.12 bits per heavy atom. The molecule has 0 aromatic heterocycles. The Kier molecular flexibility index (Phi) is 4.54. The van der Waals surface area contributed by atoms with E-state index < -0.39 is 5.60 Å². The molecular formula is C13H23NO3. The van der Waals surface area contributed by atoms with E-state index in [4.69, 9.17) is 4.74 Å². The first-order valence-electron chi connectivity index (χ1n) is 6.35. The van der Waals surface area contributed by atoms with Crippen molar-refractivity contribution in [2.24, 2.45) is 0 Å². The molecule has 17 heavy (non-hydrogen) atoms. The van der Waals surface area contributed by atoms with Crippen molar-refractivity contribution in [3.05, 3.63) is 0 Å². The molecule has 1 atom stereocenters. The summed E-state index contributed by atoms with van der Waals surface area (Å²) in [4.78, 5) is 25.0. The van der Waals surface area contributed by atoms with E-state index in [9.17, 15) is 9.59 Å². The number of carbonyl (C=O) groups is 2. The van der Waals surface area contributed by atoms with Crippen LogP contribution in [-0.2, 0) is 9.53 Å². The van der Waals surface area contributed by atoms with Gasteiger partial charge < -0.3 is 4.74 Å². The number of hydrogen-bond donors (Lipinski definition) is 0. The third-order valence-corrected chi connectivity index (χ3v) is 2.77. The molecule has 1 unspecified atom stereocenters. The van der Waals surface area contributed by atoms with Gasteiger partial charge in [-0.3, -0.25) is 9.69 Å². The summed E-state index contributed by atoms with van der Waals surface area (Å²) in [6, 6.07) is 0.0392. The highest BCUT2D eigenvalue weighted by atomic mass is 16.6. The van der Waals surface area contributed by atoms with Crippen LogP contribution in [0.15, 0.2) is 0 Å². The molecule has 4 nitrogen and oxygen atoms in total. The molecule has 4 heteroatoms. The molecule has 1 amide bonds. The van der Waals surface area contributed by atoms with Gasteiger partial charge >= 0.3 is 6.09 Å². The normalized spacial score (nSPS) is 20.8. The third-order valence-electron chi connectivity index (χ3n) is 2.77. The van der Waals surface area contributed by atoms with E-state index in [0.717, 1.165) is 19.3 Å². The number of unbranched alkanes of at least 4 members (excludes halogenated alkanes) is 1. The van der Waals surface area contributed by atoms with E-state index in [2.05, 4.69) is 6.92 Å². The van der Waals surface area contributed by atoms with E-state index in [1.54, 1.807) is 4.90 Å². The molecule has 0 spiro atoms. The number of likely N-dealkylation sites (tertiary alicyclic amines) is 1. The number of ether oxygens (including phenoxy) is 1. The van der Waals surface area contributed by atoms with Crippen molar-refractivity contribution in [3.63, 3.8) is 0 Å². The third kappa shape index (κ3) is 4.36. The maximum Gasteiger partial charge on any atom is 0.410 e. The Balaban J connectivity index is 2.60. The number of hydrogen-bond acceptors (Lipinski definition) is 3. The first-order chi connectivity index (χ1) is 7.83. The Morgan fingerprint density at radius 3 is 2.65 bits per heavy atom. The minimum Gasteiger partial charge on any atom is -0.444 e. The van der Waals surface area contributed by atoms with Gasteiger partial charge in [0.15, 0.2) is 5.78 Å². The first-order valence-corrected chi connectivity index (χ1v) is 6.35. The summed E-state index contributed by atoms with van der Waals surface area (Å²) in [6.07, 6.45) is 3.13. The molecule has 0 saturated carbocycles. The fourth-order valence-electron chi connectivity index (χ4n) is 1.99. The van der Waals surface area contributed by atoms with Gasteiger partial charge in [-0.1, -0.05) is 19.8 Å². The molecule has 1 aliphatic rings. The summed E-state index contributed by atoms with van der Waals surface area (Å²) >= 11 is 0. The van der Waals surface area contributed by atoms with Crippen LogP contribution in [-0.4, -0.2) is 35.0 Å². The van der Waals surface area contributed by atoms with Gasteiger partial charge in [0.2, 0.25) is 0 Å². The van der Waals surface area contributed by atoms with Crippen LogP contribution < -0.4 is 0 Å². The maximum atomic E-state index is 11.9. The molecular weight excluding hydrogens is 218 g/mol. The topological polar surface area (TPSA) is 46.6 Å². The predicted octanol–water partition coefficient (Wildman–Crippen LogP) is 2.76. The number of ketones is 1. The van der Waals surface area contributed by atoms with Crippen molar-refractivity contribution in [2.45, 2.75) is 65.0 Å². The second-order valence-corrected chi connectivity index (χ2v) is 5.65. The van der Waals surface area contributed by atoms with Gasteiger partial charge in [0.1, 0.15) is 5.60 Å². The van der Waals surface area contributed by atoms with Crippen molar-refractivity contribution >= 4 is 11.9 Å². The monoisotopic (exact) mass is 241 g/mol. The quantitative estimate of drug-likeness (QED) is 0.763. The largest absolute Gasteiger partial charge is 0.444 e. The zero-order chi connectivity index (χ0) is 13.1. The van der Waals surface area contributed by atoms with Crippen LogP contribution in [0.25, 0.3) is 0 Å². The summed E-state index contributed by atoms with van der Waals surface area (Å²) in [5, 5.41) is 0. The molecule has 0 N–H and O–H groups in total. The molecule has 0 bridgehead atoms. The molecule has 1 aliphatic heterocycles. The van der Waals surface area contributed by atoms with Crippen LogP contribution in [0.2, 0.25) is 0 Å². The lowest BCUT2D eigenvalue weighted by Gasteiger charge is -2.27. The van der Waals surface area contributed by atoms with Crippen molar-refractivity contribution in [3.8, 4) is 0 Å². The van der Waals surface area contributed by atoms with Crippen molar-refractivity contribution in [2.75, 3.05) is 6.54 Å². The lowest BCUT2D eigenvalue weighted by Crippen LogP contribution is -2.40. The van der Waals surface area contributed by atoms with E-state index in [1.165, 1.54) is 0 Å². The molecule has 1 heterocycles. The van der Waals surface area contributed by atoms with Crippen LogP contribution in [0.1, 0.15) is 53.4 Å². The molecule has 0 aliphatic carbocycles. The van der Waals surface area contributed by atoms with Crippen molar-refractivity contribution in [1.29, 1.82) is 0 Å². The molecule has 0 aromatic carbocycles. The Bertz CT molecular complexity index is 294. The Labute approximate surface area is 103 Å². The number of Topliss-reactive ketones (excluding diaryl/α,β-unsaturated/α-hetero) is 1. The fraction of sp³-hybridized carbons (Fsp3) is 0.846. The number of carbonyl (C=O) groups excluding carboxylic acids is 2. The van der Waals surface area contributed by atoms with Crippen LogP contribution in [0.5, 0.6) is 0 Å². The van der Waals surface area contributed by atoms with E-state index in [-0.39, 0.29) is 24.5 Å². The highest BCUT2D eigenvalue weighted by Crippen LogP contribution is 2.22. The number of nitrogens with zero attached hydrogens (tertiary/aromatic N) is 1. The molecule has 0 aromatic rings. The highest BCUT2D eigenvalue weighted by Gasteiger charge is 2.35. The molecule has 1 saturated heterocycles. The summed E-state index contributed by atoms with van der Waals surface area (Å²) < 4.78 is 5.31. The van der Waals surface area contributed by atoms with Crippen molar-refractivity contribution < 1.29 is 14.3 Å². The SMILES string of the molecule is CCCCC1CC(=O)CN1C(=O)OC(C)(C)C. The Hall–Kier alpha value is -1.06. The Morgan fingerprint density at radius 1 is 1.47 bits per heavy atom. The second kappa shape index (κ2) is 5.52. The van der Waals surface area contributed by atoms with Crippen LogP contribution in [0, 0.1) is 0 Å². The predicted molar refractivity (Wildman–Crippen MR) is 65.9 cm³/mol. The van der Waals surface area contributed by atoms with Crippen LogP contribution in [0.3, 0.4) is 0 Å². The van der Waals surface area contributed by atoms with Crippen molar-refractivity contribution in [1.82, 2.24) is 4.90 Å². The van der Waals surface area contributed by atoms with E-state index in [0.29, 0.717) is 6.42 Å². The summed E-state index contributed by atoms with van der Waals surface area (Å²) in [5.41, 5.74) is -0.502. The smallest absolute Gasteiger partial charge is 0.410 e. The van der Waals surface area contributed by atoms with Gasteiger partial charge in [-0.15, -0.1) is 0 Å². The molecule has 1 rings (SSSR count). The van der Waals surface area contributed by atoms with E-state index >= 15 is 0 Å². The van der Waals surface area contributed by atoms with Gasteiger partial charge in [0.05, 0.1) is 6.54 Å². The molecule has 1 fully saturated rings. The second-order valence-electron chi connectivity index (χ2n) is 5.65. The van der Waals surface area contributed by atoms with E-state index in [1.807, 2.05) is 20.8 Å². The fourth-order valence-corrected chi connectivity index (χ4v) is 1.99. The summed E-state index contributed by atoms with van der Waals surface area (Å²) in [5.74, 6) is 0.136. The minimum absolute atomic E-state index is 0.0392. The highest BCUT2D eigenvalue weighted by molar-refractivity contribution is 5.88.